The Kier molecular flexibility index (Phi) is 9.46. The topological polar surface area (TPSA) is 120 Å². The van der Waals surface area contributed by atoms with Crippen molar-refractivity contribution in [2.45, 2.75) is 82.6 Å². The van der Waals surface area contributed by atoms with Crippen LogP contribution in [0.1, 0.15) is 64.4 Å². The lowest BCUT2D eigenvalue weighted by Gasteiger charge is -2.47. The lowest BCUT2D eigenvalue weighted by atomic mass is 9.81. The molecule has 2 unspecified atom stereocenters. The number of piperidine rings is 1. The fourth-order valence-electron chi connectivity index (χ4n) is 6.67. The van der Waals surface area contributed by atoms with Gasteiger partial charge >= 0.3 is 7.05 Å². The lowest BCUT2D eigenvalue weighted by Crippen LogP contribution is -2.60. The number of fused-ring (bicyclic) bond motifs is 3. The Morgan fingerprint density at radius 2 is 1.78 bits per heavy atom. The first-order valence-electron chi connectivity index (χ1n) is 14.8. The third-order valence-electron chi connectivity index (χ3n) is 8.66. The number of aliphatic hydroxyl groups is 2. The number of ketones is 1. The maximum atomic E-state index is 13.5. The highest BCUT2D eigenvalue weighted by Crippen LogP contribution is 2.31. The van der Waals surface area contributed by atoms with Crippen LogP contribution in [0.3, 0.4) is 0 Å². The van der Waals surface area contributed by atoms with Gasteiger partial charge in [-0.15, -0.1) is 0 Å². The molecule has 0 aromatic heterocycles. The number of morpholine rings is 1. The van der Waals surface area contributed by atoms with Crippen molar-refractivity contribution in [3.05, 3.63) is 64.7 Å². The SMILES string of the molecule is CCOc1cc(C(=O)N2C3COCC2CC(O)C3)ccc1C(=O)CC[C@@H](O)CN(B(C)O)C1Cc2ccccc2C1. The van der Waals surface area contributed by atoms with Gasteiger partial charge in [-0.25, -0.2) is 0 Å². The summed E-state index contributed by atoms with van der Waals surface area (Å²) in [6, 6.07) is 12.9. The molecule has 2 bridgehead atoms. The summed E-state index contributed by atoms with van der Waals surface area (Å²) >= 11 is 0. The van der Waals surface area contributed by atoms with Crippen LogP contribution in [-0.4, -0.2) is 100 Å². The number of nitrogens with zero attached hydrogens (tertiary/aromatic N) is 2. The van der Waals surface area contributed by atoms with E-state index in [4.69, 9.17) is 9.47 Å². The maximum absolute atomic E-state index is 13.5. The number of benzene rings is 2. The second-order valence-corrected chi connectivity index (χ2v) is 11.6. The van der Waals surface area contributed by atoms with E-state index in [-0.39, 0.29) is 49.2 Å². The fourth-order valence-corrected chi connectivity index (χ4v) is 6.67. The van der Waals surface area contributed by atoms with Gasteiger partial charge in [-0.05, 0) is 75.2 Å². The minimum Gasteiger partial charge on any atom is -0.493 e. The standard InChI is InChI=1S/C31H41BN2O7/c1-3-41-30-14-22(31(38)34-24-15-27(36)16-25(34)19-40-18-24)8-10-28(30)29(37)11-9-26(35)17-33(32(2)39)23-12-20-6-4-5-7-21(20)13-23/h4-8,10,14,23-27,35-36,39H,3,9,11-13,15-19H2,1-2H3/t24?,25?,26-,27?/m1/s1. The van der Waals surface area contributed by atoms with Gasteiger partial charge in [-0.3, -0.25) is 9.59 Å². The lowest BCUT2D eigenvalue weighted by molar-refractivity contribution is -0.0871. The average molecular weight is 564 g/mol. The fraction of sp³-hybridized carbons (Fsp3) is 0.548. The van der Waals surface area contributed by atoms with E-state index < -0.39 is 19.3 Å². The van der Waals surface area contributed by atoms with Crippen LogP contribution >= 0.6 is 0 Å². The van der Waals surface area contributed by atoms with Crippen molar-refractivity contribution in [3.63, 3.8) is 0 Å². The van der Waals surface area contributed by atoms with E-state index in [1.165, 1.54) is 11.1 Å². The number of Topliss-reactive ketones (excluding diaryl/α,β-unsaturated/α-hetero) is 1. The normalized spacial score (nSPS) is 22.9. The van der Waals surface area contributed by atoms with Crippen LogP contribution in [0.4, 0.5) is 0 Å². The molecule has 41 heavy (non-hydrogen) atoms. The zero-order chi connectivity index (χ0) is 29.1. The summed E-state index contributed by atoms with van der Waals surface area (Å²) in [5.41, 5.74) is 3.36. The molecular formula is C31H41BN2O7. The Labute approximate surface area is 242 Å². The number of amides is 1. The monoisotopic (exact) mass is 564 g/mol. The summed E-state index contributed by atoms with van der Waals surface area (Å²) in [7, 11) is -0.719. The number of aliphatic hydroxyl groups excluding tert-OH is 2. The zero-order valence-electron chi connectivity index (χ0n) is 23.9. The molecule has 2 saturated heterocycles. The summed E-state index contributed by atoms with van der Waals surface area (Å²) in [4.78, 5) is 30.5. The van der Waals surface area contributed by atoms with Crippen LogP contribution in [0.25, 0.3) is 0 Å². The molecule has 5 rings (SSSR count). The molecule has 3 aliphatic rings. The highest BCUT2D eigenvalue weighted by Gasteiger charge is 2.41. The van der Waals surface area contributed by atoms with Crippen molar-refractivity contribution in [2.24, 2.45) is 0 Å². The van der Waals surface area contributed by atoms with E-state index in [9.17, 15) is 24.8 Å². The summed E-state index contributed by atoms with van der Waals surface area (Å²) in [6.07, 6.45) is 1.74. The molecule has 0 saturated carbocycles. The summed E-state index contributed by atoms with van der Waals surface area (Å²) < 4.78 is 11.4. The third-order valence-corrected chi connectivity index (χ3v) is 8.66. The predicted molar refractivity (Wildman–Crippen MR) is 155 cm³/mol. The van der Waals surface area contributed by atoms with Crippen LogP contribution in [0.2, 0.25) is 6.82 Å². The van der Waals surface area contributed by atoms with Gasteiger partial charge in [0.2, 0.25) is 0 Å². The molecule has 10 heteroatoms. The first-order valence-corrected chi connectivity index (χ1v) is 14.8. The van der Waals surface area contributed by atoms with Crippen molar-refractivity contribution in [1.82, 2.24) is 9.71 Å². The van der Waals surface area contributed by atoms with Crippen molar-refractivity contribution >= 4 is 18.7 Å². The minimum atomic E-state index is -0.787. The van der Waals surface area contributed by atoms with Crippen molar-refractivity contribution < 1.29 is 34.3 Å². The van der Waals surface area contributed by atoms with Gasteiger partial charge in [-0.2, -0.15) is 0 Å². The first kappa shape index (κ1) is 29.7. The molecule has 2 aliphatic heterocycles. The molecule has 0 radical (unpaired) electrons. The molecule has 9 nitrogen and oxygen atoms in total. The van der Waals surface area contributed by atoms with E-state index >= 15 is 0 Å². The Morgan fingerprint density at radius 3 is 2.39 bits per heavy atom. The molecule has 1 aliphatic carbocycles. The Morgan fingerprint density at radius 1 is 1.12 bits per heavy atom. The Hall–Kier alpha value is -2.76. The first-order chi connectivity index (χ1) is 19.7. The maximum Gasteiger partial charge on any atom is 0.376 e. The Balaban J connectivity index is 1.22. The number of ether oxygens (including phenoxy) is 2. The summed E-state index contributed by atoms with van der Waals surface area (Å²) in [5.74, 6) is 0.0261. The number of hydrogen-bond acceptors (Lipinski definition) is 8. The average Bonchev–Trinajstić information content (AvgIpc) is 3.37. The molecular weight excluding hydrogens is 523 g/mol. The number of carbonyl (C=O) groups excluding carboxylic acids is 2. The Bertz CT molecular complexity index is 1200. The van der Waals surface area contributed by atoms with Gasteiger partial charge in [0.25, 0.3) is 5.91 Å². The largest absolute Gasteiger partial charge is 0.493 e. The van der Waals surface area contributed by atoms with Gasteiger partial charge < -0.3 is 34.4 Å². The molecule has 2 aromatic carbocycles. The molecule has 1 amide bonds. The number of carbonyl (C=O) groups is 2. The van der Waals surface area contributed by atoms with E-state index in [1.807, 2.05) is 28.8 Å². The van der Waals surface area contributed by atoms with E-state index in [2.05, 4.69) is 12.1 Å². The van der Waals surface area contributed by atoms with Crippen LogP contribution in [0, 0.1) is 0 Å². The second kappa shape index (κ2) is 13.0. The van der Waals surface area contributed by atoms with E-state index in [1.54, 1.807) is 25.0 Å². The smallest absolute Gasteiger partial charge is 0.376 e. The molecule has 3 N–H and O–H groups in total. The predicted octanol–water partition coefficient (Wildman–Crippen LogP) is 2.35. The molecule has 3 atom stereocenters. The van der Waals surface area contributed by atoms with Gasteiger partial charge in [0.15, 0.2) is 5.78 Å². The van der Waals surface area contributed by atoms with Crippen molar-refractivity contribution in [1.29, 1.82) is 0 Å². The number of rotatable bonds is 11. The van der Waals surface area contributed by atoms with E-state index in [0.29, 0.717) is 49.5 Å². The van der Waals surface area contributed by atoms with Crippen LogP contribution in [0.15, 0.2) is 42.5 Å². The van der Waals surface area contributed by atoms with E-state index in [0.717, 1.165) is 12.8 Å². The third kappa shape index (κ3) is 6.68. The van der Waals surface area contributed by atoms with Gasteiger partial charge in [0.1, 0.15) is 5.75 Å². The highest BCUT2D eigenvalue weighted by molar-refractivity contribution is 6.45. The molecule has 2 heterocycles. The summed E-state index contributed by atoms with van der Waals surface area (Å²) in [5, 5.41) is 31.5. The number of hydrogen-bond donors (Lipinski definition) is 3. The minimum absolute atomic E-state index is 0.0988. The zero-order valence-corrected chi connectivity index (χ0v) is 23.9. The van der Waals surface area contributed by atoms with Crippen LogP contribution < -0.4 is 4.74 Å². The molecule has 0 spiro atoms. The van der Waals surface area contributed by atoms with Crippen molar-refractivity contribution in [3.8, 4) is 5.75 Å². The molecule has 2 aromatic rings. The van der Waals surface area contributed by atoms with Crippen LogP contribution in [0.5, 0.6) is 5.75 Å². The highest BCUT2D eigenvalue weighted by atomic mass is 16.5. The van der Waals surface area contributed by atoms with Gasteiger partial charge in [0, 0.05) is 24.6 Å². The van der Waals surface area contributed by atoms with Crippen LogP contribution in [-0.2, 0) is 17.6 Å². The molecule has 220 valence electrons. The summed E-state index contributed by atoms with van der Waals surface area (Å²) in [6.45, 7) is 4.94. The second-order valence-electron chi connectivity index (χ2n) is 11.6. The quantitative estimate of drug-likeness (QED) is 0.281. The van der Waals surface area contributed by atoms with Gasteiger partial charge in [0.05, 0.1) is 49.7 Å². The van der Waals surface area contributed by atoms with Gasteiger partial charge in [-0.1, -0.05) is 24.3 Å². The van der Waals surface area contributed by atoms with Crippen molar-refractivity contribution in [2.75, 3.05) is 26.4 Å². The molecule has 2 fully saturated rings.